The second-order valence-corrected chi connectivity index (χ2v) is 8.02. The topological polar surface area (TPSA) is 58.6 Å². The van der Waals surface area contributed by atoms with Gasteiger partial charge in [-0.25, -0.2) is 14.8 Å². The Morgan fingerprint density at radius 1 is 1.32 bits per heavy atom. The Balaban J connectivity index is 1.70. The largest absolute Gasteiger partial charge is 0.444 e. The van der Waals surface area contributed by atoms with Crippen molar-refractivity contribution in [1.29, 1.82) is 0 Å². The van der Waals surface area contributed by atoms with Gasteiger partial charge in [0.1, 0.15) is 17.7 Å². The molecule has 2 aromatic heterocycles. The van der Waals surface area contributed by atoms with Gasteiger partial charge in [0, 0.05) is 42.7 Å². The molecule has 0 radical (unpaired) electrons. The lowest BCUT2D eigenvalue weighted by molar-refractivity contribution is 0.0218. The molecule has 7 heteroatoms. The van der Waals surface area contributed by atoms with Gasteiger partial charge in [-0.2, -0.15) is 11.3 Å². The van der Waals surface area contributed by atoms with E-state index in [1.165, 1.54) is 0 Å². The molecule has 1 amide bonds. The van der Waals surface area contributed by atoms with Gasteiger partial charge in [0.2, 0.25) is 0 Å². The average Bonchev–Trinajstić information content (AvgIpc) is 3.08. The molecule has 0 bridgehead atoms. The van der Waals surface area contributed by atoms with E-state index in [4.69, 9.17) is 4.74 Å². The minimum atomic E-state index is -0.473. The second-order valence-electron chi connectivity index (χ2n) is 7.24. The lowest BCUT2D eigenvalue weighted by Crippen LogP contribution is -2.54. The molecular formula is C18H24N4O2S. The zero-order valence-corrected chi connectivity index (χ0v) is 15.9. The van der Waals surface area contributed by atoms with Gasteiger partial charge in [0.05, 0.1) is 5.69 Å². The van der Waals surface area contributed by atoms with Gasteiger partial charge in [-0.1, -0.05) is 0 Å². The molecular weight excluding hydrogens is 336 g/mol. The summed E-state index contributed by atoms with van der Waals surface area (Å²) in [5.74, 6) is 0.896. The Kier molecular flexibility index (Phi) is 4.94. The lowest BCUT2D eigenvalue weighted by atomic mass is 10.1. The van der Waals surface area contributed by atoms with Crippen molar-refractivity contribution in [3.05, 3.63) is 29.2 Å². The van der Waals surface area contributed by atoms with Crippen LogP contribution in [-0.4, -0.2) is 52.2 Å². The van der Waals surface area contributed by atoms with Crippen LogP contribution in [0.3, 0.4) is 0 Å². The summed E-state index contributed by atoms with van der Waals surface area (Å²) in [5, 5.41) is 4.12. The summed E-state index contributed by atoms with van der Waals surface area (Å²) in [6, 6.07) is 4.23. The number of nitrogens with zero attached hydrogens (tertiary/aromatic N) is 4. The number of ether oxygens (including phenoxy) is 1. The Hall–Kier alpha value is -2.15. The summed E-state index contributed by atoms with van der Waals surface area (Å²) in [6.45, 7) is 9.72. The third-order valence-electron chi connectivity index (χ3n) is 4.04. The normalized spacial score (nSPS) is 18.3. The summed E-state index contributed by atoms with van der Waals surface area (Å²) >= 11 is 1.65. The van der Waals surface area contributed by atoms with Crippen LogP contribution in [0.4, 0.5) is 10.6 Å². The van der Waals surface area contributed by atoms with Gasteiger partial charge in [0.25, 0.3) is 0 Å². The van der Waals surface area contributed by atoms with E-state index in [2.05, 4.69) is 33.2 Å². The second kappa shape index (κ2) is 7.00. The van der Waals surface area contributed by atoms with Crippen molar-refractivity contribution in [2.75, 3.05) is 24.5 Å². The summed E-state index contributed by atoms with van der Waals surface area (Å²) in [4.78, 5) is 25.1. The first-order valence-corrected chi connectivity index (χ1v) is 9.37. The number of rotatable bonds is 2. The Morgan fingerprint density at radius 2 is 2.12 bits per heavy atom. The fourth-order valence-corrected chi connectivity index (χ4v) is 3.51. The lowest BCUT2D eigenvalue weighted by Gasteiger charge is -2.40. The van der Waals surface area contributed by atoms with Gasteiger partial charge in [-0.3, -0.25) is 0 Å². The maximum absolute atomic E-state index is 12.3. The summed E-state index contributed by atoms with van der Waals surface area (Å²) in [5.41, 5.74) is 1.56. The molecule has 1 fully saturated rings. The summed E-state index contributed by atoms with van der Waals surface area (Å²) < 4.78 is 5.48. The number of aromatic nitrogens is 2. The number of anilines is 1. The fourth-order valence-electron chi connectivity index (χ4n) is 2.86. The van der Waals surface area contributed by atoms with E-state index in [0.29, 0.717) is 13.1 Å². The van der Waals surface area contributed by atoms with Crippen LogP contribution in [0.1, 0.15) is 27.7 Å². The molecule has 0 aliphatic carbocycles. The van der Waals surface area contributed by atoms with E-state index in [9.17, 15) is 4.79 Å². The number of thiophene rings is 1. The van der Waals surface area contributed by atoms with E-state index < -0.39 is 5.60 Å². The molecule has 3 rings (SSSR count). The van der Waals surface area contributed by atoms with Crippen molar-refractivity contribution in [3.8, 4) is 11.3 Å². The van der Waals surface area contributed by atoms with Crippen molar-refractivity contribution in [2.45, 2.75) is 39.3 Å². The molecule has 1 aliphatic rings. The Labute approximate surface area is 152 Å². The first kappa shape index (κ1) is 17.7. The van der Waals surface area contributed by atoms with Crippen LogP contribution in [-0.2, 0) is 4.74 Å². The number of amides is 1. The van der Waals surface area contributed by atoms with Crippen LogP contribution in [0.15, 0.2) is 29.2 Å². The fraction of sp³-hybridized carbons (Fsp3) is 0.500. The number of hydrogen-bond acceptors (Lipinski definition) is 6. The number of piperazine rings is 1. The molecule has 0 unspecified atom stereocenters. The molecule has 1 saturated heterocycles. The van der Waals surface area contributed by atoms with Gasteiger partial charge in [-0.05, 0) is 39.1 Å². The average molecular weight is 360 g/mol. The highest BCUT2D eigenvalue weighted by Crippen LogP contribution is 2.25. The molecule has 0 aromatic carbocycles. The van der Waals surface area contributed by atoms with Crippen LogP contribution in [0, 0.1) is 0 Å². The smallest absolute Gasteiger partial charge is 0.410 e. The first-order valence-electron chi connectivity index (χ1n) is 8.43. The zero-order chi connectivity index (χ0) is 18.0. The van der Waals surface area contributed by atoms with Crippen LogP contribution >= 0.6 is 11.3 Å². The van der Waals surface area contributed by atoms with Crippen molar-refractivity contribution >= 4 is 23.2 Å². The molecule has 25 heavy (non-hydrogen) atoms. The Morgan fingerprint density at radius 3 is 2.76 bits per heavy atom. The van der Waals surface area contributed by atoms with Crippen molar-refractivity contribution in [3.63, 3.8) is 0 Å². The van der Waals surface area contributed by atoms with Crippen molar-refractivity contribution in [1.82, 2.24) is 14.9 Å². The van der Waals surface area contributed by atoms with Crippen LogP contribution in [0.2, 0.25) is 0 Å². The van der Waals surface area contributed by atoms with E-state index in [0.717, 1.165) is 23.6 Å². The maximum atomic E-state index is 12.3. The molecule has 6 nitrogen and oxygen atoms in total. The van der Waals surface area contributed by atoms with Gasteiger partial charge in [0.15, 0.2) is 0 Å². The van der Waals surface area contributed by atoms with E-state index >= 15 is 0 Å². The van der Waals surface area contributed by atoms with Gasteiger partial charge < -0.3 is 14.5 Å². The molecule has 134 valence electrons. The molecule has 3 heterocycles. The SMILES string of the molecule is C[C@H]1CN(C(=O)OC(C)(C)C)CCN1c1cc(-c2ccsc2)ncn1. The third-order valence-corrected chi connectivity index (χ3v) is 4.73. The molecule has 1 aliphatic heterocycles. The first-order chi connectivity index (χ1) is 11.8. The highest BCUT2D eigenvalue weighted by atomic mass is 32.1. The monoisotopic (exact) mass is 360 g/mol. The summed E-state index contributed by atoms with van der Waals surface area (Å²) in [6.07, 6.45) is 1.36. The van der Waals surface area contributed by atoms with E-state index in [-0.39, 0.29) is 12.1 Å². The van der Waals surface area contributed by atoms with Gasteiger partial charge >= 0.3 is 6.09 Å². The minimum Gasteiger partial charge on any atom is -0.444 e. The number of hydrogen-bond donors (Lipinski definition) is 0. The number of carbonyl (C=O) groups excluding carboxylic acids is 1. The highest BCUT2D eigenvalue weighted by molar-refractivity contribution is 7.08. The zero-order valence-electron chi connectivity index (χ0n) is 15.1. The number of carbonyl (C=O) groups is 1. The predicted octanol–water partition coefficient (Wildman–Crippen LogP) is 3.65. The quantitative estimate of drug-likeness (QED) is 0.818. The minimum absolute atomic E-state index is 0.159. The van der Waals surface area contributed by atoms with Crippen molar-refractivity contribution < 1.29 is 9.53 Å². The highest BCUT2D eigenvalue weighted by Gasteiger charge is 2.30. The standard InChI is InChI=1S/C18H24N4O2S/c1-13-10-21(17(23)24-18(2,3)4)6-7-22(13)16-9-15(19-12-20-16)14-5-8-25-11-14/h5,8-9,11-13H,6-7,10H2,1-4H3/t13-/m0/s1. The molecule has 0 saturated carbocycles. The van der Waals surface area contributed by atoms with E-state index in [1.807, 2.05) is 32.2 Å². The molecule has 1 atom stereocenters. The maximum Gasteiger partial charge on any atom is 0.410 e. The Bertz CT molecular complexity index is 727. The van der Waals surface area contributed by atoms with Crippen LogP contribution < -0.4 is 4.90 Å². The molecule has 0 N–H and O–H groups in total. The molecule has 0 spiro atoms. The molecule has 2 aromatic rings. The summed E-state index contributed by atoms with van der Waals surface area (Å²) in [7, 11) is 0. The van der Waals surface area contributed by atoms with Crippen LogP contribution in [0.5, 0.6) is 0 Å². The van der Waals surface area contributed by atoms with E-state index in [1.54, 1.807) is 22.6 Å². The van der Waals surface area contributed by atoms with Gasteiger partial charge in [-0.15, -0.1) is 0 Å². The van der Waals surface area contributed by atoms with Crippen LogP contribution in [0.25, 0.3) is 11.3 Å². The third kappa shape index (κ3) is 4.28. The predicted molar refractivity (Wildman–Crippen MR) is 100.0 cm³/mol. The van der Waals surface area contributed by atoms with Crippen molar-refractivity contribution in [2.24, 2.45) is 0 Å².